The summed E-state index contributed by atoms with van der Waals surface area (Å²) < 4.78 is 7.74. The van der Waals surface area contributed by atoms with Gasteiger partial charge >= 0.3 is 17.1 Å². The van der Waals surface area contributed by atoms with Crippen molar-refractivity contribution in [2.45, 2.75) is 39.3 Å². The third-order valence-electron chi connectivity index (χ3n) is 8.47. The van der Waals surface area contributed by atoms with Gasteiger partial charge in [0.25, 0.3) is 16.7 Å². The fourth-order valence-electron chi connectivity index (χ4n) is 6.08. The molecule has 240 valence electrons. The summed E-state index contributed by atoms with van der Waals surface area (Å²) in [5.74, 6) is 0. The molecule has 0 saturated carbocycles. The molecule has 12 bridgehead atoms. The summed E-state index contributed by atoms with van der Waals surface area (Å²) in [6.07, 6.45) is 4.36. The van der Waals surface area contributed by atoms with Crippen LogP contribution in [0, 0.1) is 0 Å². The number of benzene rings is 3. The molecule has 1 aliphatic rings. The van der Waals surface area contributed by atoms with Gasteiger partial charge in [0.1, 0.15) is 0 Å². The van der Waals surface area contributed by atoms with Crippen molar-refractivity contribution in [3.63, 3.8) is 0 Å². The number of fused-ring (bicyclic) bond motifs is 12. The molecule has 0 amide bonds. The van der Waals surface area contributed by atoms with Gasteiger partial charge in [0.05, 0.1) is 39.3 Å². The minimum Gasteiger partial charge on any atom is -0.296 e. The standard InChI is InChI=1S/C36H30N6O6/c43-31-10-13-37-19-25-4-1-5-26(16-25)20-38-14-11-32(44)41(35(38)47)23-29-8-3-9-30(18-29)24-42-33(45)12-15-39(36(42)48)21-27-6-2-7-28(17-27)22-40(31)34(37)46/h1-18H,19-24H2. The van der Waals surface area contributed by atoms with Gasteiger partial charge in [0.15, 0.2) is 0 Å². The summed E-state index contributed by atoms with van der Waals surface area (Å²) in [5.41, 5.74) is 1.47. The van der Waals surface area contributed by atoms with Crippen molar-refractivity contribution in [1.29, 1.82) is 0 Å². The van der Waals surface area contributed by atoms with E-state index in [2.05, 4.69) is 0 Å². The maximum Gasteiger partial charge on any atom is 0.331 e. The predicted molar refractivity (Wildman–Crippen MR) is 179 cm³/mol. The molecule has 12 heteroatoms. The van der Waals surface area contributed by atoms with Crippen LogP contribution in [0.2, 0.25) is 0 Å². The van der Waals surface area contributed by atoms with Crippen molar-refractivity contribution in [1.82, 2.24) is 27.4 Å². The molecular weight excluding hydrogens is 612 g/mol. The third-order valence-corrected chi connectivity index (χ3v) is 8.47. The molecule has 0 aliphatic carbocycles. The molecule has 6 aromatic rings. The normalized spacial score (nSPS) is 13.0. The maximum absolute atomic E-state index is 13.5. The lowest BCUT2D eigenvalue weighted by atomic mass is 10.1. The van der Waals surface area contributed by atoms with Gasteiger partial charge in [-0.2, -0.15) is 0 Å². The first-order valence-corrected chi connectivity index (χ1v) is 15.4. The molecule has 0 N–H and O–H groups in total. The van der Waals surface area contributed by atoms with Gasteiger partial charge in [-0.05, 0) is 33.4 Å². The van der Waals surface area contributed by atoms with E-state index in [0.717, 1.165) is 30.4 Å². The van der Waals surface area contributed by atoms with Crippen molar-refractivity contribution in [2.24, 2.45) is 0 Å². The topological polar surface area (TPSA) is 132 Å². The Morgan fingerprint density at radius 2 is 0.583 bits per heavy atom. The summed E-state index contributed by atoms with van der Waals surface area (Å²) in [5, 5.41) is 0. The van der Waals surface area contributed by atoms with Gasteiger partial charge in [-0.1, -0.05) is 72.8 Å². The Balaban J connectivity index is 1.36. The molecule has 0 saturated heterocycles. The average molecular weight is 643 g/mol. The fraction of sp³-hybridized carbons (Fsp3) is 0.167. The Morgan fingerprint density at radius 1 is 0.333 bits per heavy atom. The number of hydrogen-bond acceptors (Lipinski definition) is 6. The average Bonchev–Trinajstić information content (AvgIpc) is 3.07. The van der Waals surface area contributed by atoms with Crippen LogP contribution in [-0.4, -0.2) is 27.4 Å². The second-order valence-electron chi connectivity index (χ2n) is 11.9. The smallest absolute Gasteiger partial charge is 0.296 e. The number of nitrogens with zero attached hydrogens (tertiary/aromatic N) is 6. The van der Waals surface area contributed by atoms with Crippen molar-refractivity contribution in [3.8, 4) is 0 Å². The van der Waals surface area contributed by atoms with Crippen molar-refractivity contribution < 1.29 is 0 Å². The van der Waals surface area contributed by atoms with E-state index in [1.165, 1.54) is 50.5 Å². The van der Waals surface area contributed by atoms with E-state index in [1.54, 1.807) is 30.3 Å². The monoisotopic (exact) mass is 642 g/mol. The summed E-state index contributed by atoms with van der Waals surface area (Å²) in [6, 6.07) is 25.8. The molecule has 0 unspecified atom stereocenters. The Labute approximate surface area is 271 Å². The molecule has 0 atom stereocenters. The van der Waals surface area contributed by atoms with E-state index >= 15 is 0 Å². The van der Waals surface area contributed by atoms with Gasteiger partial charge in [-0.25, -0.2) is 14.4 Å². The van der Waals surface area contributed by atoms with E-state index in [1.807, 2.05) is 42.5 Å². The van der Waals surface area contributed by atoms with Crippen LogP contribution >= 0.6 is 0 Å². The lowest BCUT2D eigenvalue weighted by Crippen LogP contribution is -2.40. The first-order valence-electron chi connectivity index (χ1n) is 15.4. The lowest BCUT2D eigenvalue weighted by molar-refractivity contribution is 0.601. The third kappa shape index (κ3) is 6.10. The van der Waals surface area contributed by atoms with Gasteiger partial charge in [0.2, 0.25) is 0 Å². The first-order chi connectivity index (χ1) is 23.2. The number of hydrogen-bond donors (Lipinski definition) is 0. The van der Waals surface area contributed by atoms with E-state index in [4.69, 9.17) is 0 Å². The van der Waals surface area contributed by atoms with Crippen LogP contribution in [0.15, 0.2) is 138 Å². The maximum atomic E-state index is 13.5. The molecule has 7 rings (SSSR count). The highest BCUT2D eigenvalue weighted by Crippen LogP contribution is 2.11. The van der Waals surface area contributed by atoms with Gasteiger partial charge in [-0.3, -0.25) is 41.8 Å². The fourth-order valence-corrected chi connectivity index (χ4v) is 6.08. The molecule has 3 aromatic carbocycles. The van der Waals surface area contributed by atoms with Crippen LogP contribution in [-0.2, 0) is 39.3 Å². The SMILES string of the molecule is O=c1ccn2c(=O)n1Cc1cccc(c1)Cn1ccc(=O)n(c1=O)Cc1cccc(c1)Cn1c(=O)ccn(c1=O)Cc1cccc(c1)C2. The molecular formula is C36H30N6O6. The van der Waals surface area contributed by atoms with Gasteiger partial charge in [0, 0.05) is 36.8 Å². The quantitative estimate of drug-likeness (QED) is 0.245. The largest absolute Gasteiger partial charge is 0.331 e. The van der Waals surface area contributed by atoms with Gasteiger partial charge < -0.3 is 0 Å². The number of rotatable bonds is 0. The first kappa shape index (κ1) is 30.4. The van der Waals surface area contributed by atoms with Crippen LogP contribution in [0.5, 0.6) is 0 Å². The Kier molecular flexibility index (Phi) is 7.89. The summed E-state index contributed by atoms with van der Waals surface area (Å²) >= 11 is 0. The Hall–Kier alpha value is -6.30. The highest BCUT2D eigenvalue weighted by Gasteiger charge is 2.13. The van der Waals surface area contributed by atoms with Crippen molar-refractivity contribution >= 4 is 0 Å². The highest BCUT2D eigenvalue weighted by atomic mass is 16.2. The molecule has 48 heavy (non-hydrogen) atoms. The minimum atomic E-state index is -0.514. The summed E-state index contributed by atoms with van der Waals surface area (Å²) in [4.78, 5) is 79.1. The van der Waals surface area contributed by atoms with Gasteiger partial charge in [-0.15, -0.1) is 0 Å². The van der Waals surface area contributed by atoms with Crippen molar-refractivity contribution in [3.05, 3.63) is 205 Å². The molecule has 0 radical (unpaired) electrons. The zero-order valence-corrected chi connectivity index (χ0v) is 25.8. The summed E-state index contributed by atoms with van der Waals surface area (Å²) in [6.45, 7) is 0.530. The number of aromatic nitrogens is 6. The van der Waals surface area contributed by atoms with Crippen LogP contribution in [0.25, 0.3) is 0 Å². The molecule has 0 spiro atoms. The van der Waals surface area contributed by atoms with Crippen LogP contribution in [0.1, 0.15) is 33.4 Å². The van der Waals surface area contributed by atoms with Crippen LogP contribution < -0.4 is 33.7 Å². The molecule has 0 fully saturated rings. The second kappa shape index (κ2) is 12.5. The second-order valence-corrected chi connectivity index (χ2v) is 11.9. The molecule has 4 heterocycles. The highest BCUT2D eigenvalue weighted by molar-refractivity contribution is 5.27. The van der Waals surface area contributed by atoms with Crippen molar-refractivity contribution in [2.75, 3.05) is 0 Å². The molecule has 12 nitrogen and oxygen atoms in total. The minimum absolute atomic E-state index is 0.00469. The van der Waals surface area contributed by atoms with E-state index in [0.29, 0.717) is 16.7 Å². The predicted octanol–water partition coefficient (Wildman–Crippen LogP) is 1.26. The van der Waals surface area contributed by atoms with E-state index in [9.17, 15) is 28.8 Å². The molecule has 3 aromatic heterocycles. The zero-order chi connectivity index (χ0) is 33.4. The Bertz CT molecular complexity index is 2570. The van der Waals surface area contributed by atoms with Crippen LogP contribution in [0.4, 0.5) is 0 Å². The van der Waals surface area contributed by atoms with E-state index < -0.39 is 33.7 Å². The van der Waals surface area contributed by atoms with Crippen LogP contribution in [0.3, 0.4) is 0 Å². The molecule has 1 aliphatic heterocycles. The Morgan fingerprint density at radius 3 is 0.854 bits per heavy atom. The summed E-state index contributed by atoms with van der Waals surface area (Å²) in [7, 11) is 0. The van der Waals surface area contributed by atoms with E-state index in [-0.39, 0.29) is 39.3 Å². The zero-order valence-electron chi connectivity index (χ0n) is 25.8. The lowest BCUT2D eigenvalue weighted by Gasteiger charge is -2.14.